The molecule has 3 amide bonds. The molecular formula is C10H13N4O3+. The number of carbonyl (C=O) groups excluding carboxylic acids is 3. The second-order valence-electron chi connectivity index (χ2n) is 4.12. The maximum absolute atomic E-state index is 12.0. The molecular weight excluding hydrogens is 224 g/mol. The Balaban J connectivity index is 2.32. The lowest BCUT2D eigenvalue weighted by molar-refractivity contribution is -0.519. The van der Waals surface area contributed by atoms with Gasteiger partial charge in [0.15, 0.2) is 5.78 Å². The standard InChI is InChI=1S/C10H13N4O3/c1-6(15)4-14-5-11-8-7(14)9(16)13(3)10(17)12(8)2/h5,7H,4H2,1-3H3/q+1. The summed E-state index contributed by atoms with van der Waals surface area (Å²) in [6.07, 6.45) is 1.43. The molecule has 1 unspecified atom stereocenters. The van der Waals surface area contributed by atoms with E-state index in [0.717, 1.165) is 4.90 Å². The summed E-state index contributed by atoms with van der Waals surface area (Å²) in [4.78, 5) is 41.1. The van der Waals surface area contributed by atoms with Gasteiger partial charge in [0.2, 0.25) is 0 Å². The number of likely N-dealkylation sites (N-methyl/N-ethyl adjacent to an activating group) is 2. The Labute approximate surface area is 98.0 Å². The summed E-state index contributed by atoms with van der Waals surface area (Å²) in [5, 5.41) is 0. The number of Topliss-reactive ketones (excluding diaryl/α,β-unsaturated/α-hetero) is 1. The topological polar surface area (TPSA) is 73.1 Å². The number of urea groups is 1. The number of aliphatic imine (C=N–C) groups is 1. The first-order chi connectivity index (χ1) is 7.93. The second kappa shape index (κ2) is 3.76. The predicted molar refractivity (Wildman–Crippen MR) is 59.0 cm³/mol. The molecule has 0 radical (unpaired) electrons. The van der Waals surface area contributed by atoms with Crippen LogP contribution in [0.3, 0.4) is 0 Å². The fourth-order valence-electron chi connectivity index (χ4n) is 1.93. The first-order valence-corrected chi connectivity index (χ1v) is 5.15. The third-order valence-electron chi connectivity index (χ3n) is 2.80. The quantitative estimate of drug-likeness (QED) is 0.573. The molecule has 7 nitrogen and oxygen atoms in total. The van der Waals surface area contributed by atoms with Gasteiger partial charge >= 0.3 is 6.03 Å². The van der Waals surface area contributed by atoms with E-state index in [1.54, 1.807) is 11.6 Å². The molecule has 0 aromatic rings. The molecule has 1 atom stereocenters. The third-order valence-corrected chi connectivity index (χ3v) is 2.80. The molecule has 1 saturated heterocycles. The van der Waals surface area contributed by atoms with Crippen molar-refractivity contribution in [3.8, 4) is 0 Å². The van der Waals surface area contributed by atoms with E-state index in [1.807, 2.05) is 0 Å². The van der Waals surface area contributed by atoms with Crippen LogP contribution in [-0.4, -0.2) is 71.0 Å². The summed E-state index contributed by atoms with van der Waals surface area (Å²) >= 11 is 0. The lowest BCUT2D eigenvalue weighted by Gasteiger charge is -2.30. The number of rotatable bonds is 2. The molecule has 0 aromatic carbocycles. The average molecular weight is 237 g/mol. The minimum Gasteiger partial charge on any atom is -0.296 e. The molecule has 0 aliphatic carbocycles. The van der Waals surface area contributed by atoms with E-state index in [-0.39, 0.29) is 18.2 Å². The molecule has 2 heterocycles. The maximum Gasteiger partial charge on any atom is 0.333 e. The van der Waals surface area contributed by atoms with E-state index in [4.69, 9.17) is 0 Å². The van der Waals surface area contributed by atoms with Gasteiger partial charge in [-0.3, -0.25) is 19.4 Å². The summed E-state index contributed by atoms with van der Waals surface area (Å²) in [7, 11) is 2.98. The summed E-state index contributed by atoms with van der Waals surface area (Å²) in [5.41, 5.74) is 0. The normalized spacial score (nSPS) is 23.6. The van der Waals surface area contributed by atoms with Gasteiger partial charge in [-0.1, -0.05) is 0 Å². The van der Waals surface area contributed by atoms with Gasteiger partial charge in [-0.05, 0) is 11.9 Å². The summed E-state index contributed by atoms with van der Waals surface area (Å²) in [6.45, 7) is 1.55. The molecule has 2 rings (SSSR count). The Bertz CT molecular complexity index is 480. The van der Waals surface area contributed by atoms with Crippen molar-refractivity contribution >= 4 is 29.9 Å². The Morgan fingerprint density at radius 1 is 1.41 bits per heavy atom. The Kier molecular flexibility index (Phi) is 2.53. The molecule has 1 fully saturated rings. The number of ketones is 1. The average Bonchev–Trinajstić information content (AvgIpc) is 2.66. The molecule has 7 heteroatoms. The van der Waals surface area contributed by atoms with E-state index in [9.17, 15) is 14.4 Å². The van der Waals surface area contributed by atoms with Crippen molar-refractivity contribution in [2.75, 3.05) is 20.6 Å². The van der Waals surface area contributed by atoms with Gasteiger partial charge in [-0.25, -0.2) is 9.37 Å². The highest BCUT2D eigenvalue weighted by Crippen LogP contribution is 2.16. The maximum atomic E-state index is 12.0. The highest BCUT2D eigenvalue weighted by atomic mass is 16.2. The number of hydrogen-bond acceptors (Lipinski definition) is 4. The zero-order valence-electron chi connectivity index (χ0n) is 9.88. The van der Waals surface area contributed by atoms with E-state index in [2.05, 4.69) is 4.99 Å². The van der Waals surface area contributed by atoms with Gasteiger partial charge in [0, 0.05) is 14.1 Å². The molecule has 0 saturated carbocycles. The van der Waals surface area contributed by atoms with Crippen LogP contribution in [0.5, 0.6) is 0 Å². The summed E-state index contributed by atoms with van der Waals surface area (Å²) < 4.78 is 1.54. The van der Waals surface area contributed by atoms with Crippen LogP contribution < -0.4 is 0 Å². The van der Waals surface area contributed by atoms with Crippen LogP contribution in [-0.2, 0) is 9.59 Å². The second-order valence-corrected chi connectivity index (χ2v) is 4.12. The van der Waals surface area contributed by atoms with Crippen molar-refractivity contribution in [1.29, 1.82) is 0 Å². The van der Waals surface area contributed by atoms with Crippen LogP contribution >= 0.6 is 0 Å². The van der Waals surface area contributed by atoms with Gasteiger partial charge in [-0.2, -0.15) is 0 Å². The number of amides is 3. The molecule has 0 spiro atoms. The van der Waals surface area contributed by atoms with Gasteiger partial charge in [0.25, 0.3) is 24.1 Å². The van der Waals surface area contributed by atoms with Crippen molar-refractivity contribution in [3.63, 3.8) is 0 Å². The Morgan fingerprint density at radius 3 is 2.65 bits per heavy atom. The van der Waals surface area contributed by atoms with E-state index in [0.29, 0.717) is 5.84 Å². The fourth-order valence-corrected chi connectivity index (χ4v) is 1.93. The van der Waals surface area contributed by atoms with Gasteiger partial charge < -0.3 is 0 Å². The first kappa shape index (κ1) is 11.4. The molecule has 0 aromatic heterocycles. The van der Waals surface area contributed by atoms with E-state index < -0.39 is 12.1 Å². The molecule has 0 N–H and O–H groups in total. The third kappa shape index (κ3) is 1.63. The first-order valence-electron chi connectivity index (χ1n) is 5.15. The number of fused-ring (bicyclic) bond motifs is 1. The van der Waals surface area contributed by atoms with Crippen molar-refractivity contribution < 1.29 is 19.0 Å². The zero-order chi connectivity index (χ0) is 12.7. The van der Waals surface area contributed by atoms with Gasteiger partial charge in [0.05, 0.1) is 0 Å². The molecule has 0 bridgehead atoms. The van der Waals surface area contributed by atoms with Crippen LogP contribution in [0.4, 0.5) is 4.79 Å². The summed E-state index contributed by atoms with van der Waals surface area (Å²) in [6, 6.07) is -1.07. The number of hydrogen-bond donors (Lipinski definition) is 0. The SMILES string of the molecule is CC(=O)C[N+]1=CN=C2C1C(=O)N(C)C(=O)N2C. The van der Waals surface area contributed by atoms with Crippen LogP contribution in [0.25, 0.3) is 0 Å². The van der Waals surface area contributed by atoms with Crippen LogP contribution in [0.15, 0.2) is 4.99 Å². The number of imide groups is 1. The highest BCUT2D eigenvalue weighted by Gasteiger charge is 2.50. The highest BCUT2D eigenvalue weighted by molar-refractivity contribution is 6.21. The van der Waals surface area contributed by atoms with Crippen molar-refractivity contribution in [3.05, 3.63) is 0 Å². The molecule has 2 aliphatic heterocycles. The van der Waals surface area contributed by atoms with Crippen LogP contribution in [0.1, 0.15) is 6.92 Å². The molecule has 90 valence electrons. The van der Waals surface area contributed by atoms with Crippen molar-refractivity contribution in [1.82, 2.24) is 9.80 Å². The van der Waals surface area contributed by atoms with Crippen molar-refractivity contribution in [2.45, 2.75) is 13.0 Å². The number of nitrogens with zero attached hydrogens (tertiary/aromatic N) is 4. The van der Waals surface area contributed by atoms with Crippen LogP contribution in [0, 0.1) is 0 Å². The van der Waals surface area contributed by atoms with E-state index in [1.165, 1.54) is 25.2 Å². The monoisotopic (exact) mass is 237 g/mol. The largest absolute Gasteiger partial charge is 0.333 e. The zero-order valence-corrected chi connectivity index (χ0v) is 9.88. The van der Waals surface area contributed by atoms with Gasteiger partial charge in [0.1, 0.15) is 6.54 Å². The Hall–Kier alpha value is -2.05. The lowest BCUT2D eigenvalue weighted by atomic mass is 10.1. The smallest absolute Gasteiger partial charge is 0.296 e. The lowest BCUT2D eigenvalue weighted by Crippen LogP contribution is -2.61. The number of carbonyl (C=O) groups is 3. The Morgan fingerprint density at radius 2 is 2.06 bits per heavy atom. The molecule has 17 heavy (non-hydrogen) atoms. The van der Waals surface area contributed by atoms with E-state index >= 15 is 0 Å². The summed E-state index contributed by atoms with van der Waals surface area (Å²) in [5.74, 6) is -0.0473. The minimum atomic E-state index is -0.661. The predicted octanol–water partition coefficient (Wildman–Crippen LogP) is -1.08. The fraction of sp³-hybridized carbons (Fsp3) is 0.500. The van der Waals surface area contributed by atoms with Gasteiger partial charge in [-0.15, -0.1) is 0 Å². The number of amidine groups is 1. The molecule has 2 aliphatic rings. The van der Waals surface area contributed by atoms with Crippen molar-refractivity contribution in [2.24, 2.45) is 4.99 Å². The van der Waals surface area contributed by atoms with Crippen LogP contribution in [0.2, 0.25) is 0 Å². The minimum absolute atomic E-state index is 0.0623.